The van der Waals surface area contributed by atoms with Gasteiger partial charge in [0.15, 0.2) is 12.3 Å². The molecule has 0 radical (unpaired) electrons. The number of piperidine rings is 1. The second kappa shape index (κ2) is 9.89. The van der Waals surface area contributed by atoms with Gasteiger partial charge in [-0.3, -0.25) is 9.59 Å². The Morgan fingerprint density at radius 1 is 1.17 bits per heavy atom. The SMILES string of the molecule is COC(=O)C1CCN(C(=O)COC(=O)c2cc(-c3cc(C)oc3C)nc3c2cnn3C(C)C)CC1. The van der Waals surface area contributed by atoms with E-state index < -0.39 is 5.97 Å². The Hall–Kier alpha value is -3.69. The van der Waals surface area contributed by atoms with E-state index in [4.69, 9.17) is 18.9 Å². The van der Waals surface area contributed by atoms with E-state index in [1.54, 1.807) is 21.8 Å². The van der Waals surface area contributed by atoms with E-state index in [0.717, 1.165) is 11.3 Å². The summed E-state index contributed by atoms with van der Waals surface area (Å²) in [7, 11) is 1.36. The van der Waals surface area contributed by atoms with E-state index >= 15 is 0 Å². The molecule has 1 aliphatic rings. The topological polar surface area (TPSA) is 117 Å². The minimum atomic E-state index is -0.627. The number of ether oxygens (including phenoxy) is 2. The van der Waals surface area contributed by atoms with E-state index in [2.05, 4.69) is 5.10 Å². The number of aromatic nitrogens is 3. The number of amides is 1. The van der Waals surface area contributed by atoms with Gasteiger partial charge in [-0.05, 0) is 52.7 Å². The van der Waals surface area contributed by atoms with Crippen LogP contribution in [0, 0.1) is 19.8 Å². The maximum atomic E-state index is 13.1. The summed E-state index contributed by atoms with van der Waals surface area (Å²) in [6.45, 7) is 8.10. The molecular formula is C25H30N4O6. The van der Waals surface area contributed by atoms with Gasteiger partial charge in [-0.15, -0.1) is 0 Å². The Kier molecular flexibility index (Phi) is 6.90. The van der Waals surface area contributed by atoms with Crippen LogP contribution in [0.15, 0.2) is 22.7 Å². The first-order chi connectivity index (χ1) is 16.7. The highest BCUT2D eigenvalue weighted by Gasteiger charge is 2.29. The summed E-state index contributed by atoms with van der Waals surface area (Å²) in [5.74, 6) is 0.0370. The number of methoxy groups -OCH3 is 1. The third-order valence-electron chi connectivity index (χ3n) is 6.30. The first-order valence-electron chi connectivity index (χ1n) is 11.7. The molecule has 3 aromatic rings. The van der Waals surface area contributed by atoms with Gasteiger partial charge < -0.3 is 18.8 Å². The molecule has 4 heterocycles. The molecule has 0 saturated carbocycles. The van der Waals surface area contributed by atoms with Crippen molar-refractivity contribution in [2.24, 2.45) is 5.92 Å². The molecule has 0 atom stereocenters. The van der Waals surface area contributed by atoms with Crippen molar-refractivity contribution in [2.75, 3.05) is 26.8 Å². The van der Waals surface area contributed by atoms with Gasteiger partial charge in [-0.2, -0.15) is 5.10 Å². The lowest BCUT2D eigenvalue weighted by atomic mass is 9.97. The quantitative estimate of drug-likeness (QED) is 0.491. The summed E-state index contributed by atoms with van der Waals surface area (Å²) in [6, 6.07) is 3.55. The molecule has 1 saturated heterocycles. The molecule has 1 fully saturated rings. The van der Waals surface area contributed by atoms with E-state index in [1.165, 1.54) is 7.11 Å². The largest absolute Gasteiger partial charge is 0.469 e. The van der Waals surface area contributed by atoms with Crippen LogP contribution in [-0.2, 0) is 19.1 Å². The van der Waals surface area contributed by atoms with Gasteiger partial charge in [-0.25, -0.2) is 14.5 Å². The van der Waals surface area contributed by atoms with Gasteiger partial charge in [0.05, 0.1) is 35.9 Å². The smallest absolute Gasteiger partial charge is 0.339 e. The Bertz CT molecular complexity index is 1270. The summed E-state index contributed by atoms with van der Waals surface area (Å²) in [5.41, 5.74) is 2.18. The van der Waals surface area contributed by atoms with E-state index in [-0.39, 0.29) is 36.0 Å². The van der Waals surface area contributed by atoms with Crippen molar-refractivity contribution in [2.45, 2.75) is 46.6 Å². The molecule has 0 bridgehead atoms. The van der Waals surface area contributed by atoms with Gasteiger partial charge in [-0.1, -0.05) is 0 Å². The summed E-state index contributed by atoms with van der Waals surface area (Å²) in [4.78, 5) is 43.9. The number of carbonyl (C=O) groups excluding carboxylic acids is 3. The fourth-order valence-electron chi connectivity index (χ4n) is 4.42. The predicted octanol–water partition coefficient (Wildman–Crippen LogP) is 3.46. The third-order valence-corrected chi connectivity index (χ3v) is 6.30. The molecule has 0 unspecified atom stereocenters. The molecule has 35 heavy (non-hydrogen) atoms. The van der Waals surface area contributed by atoms with Crippen LogP contribution < -0.4 is 0 Å². The van der Waals surface area contributed by atoms with Crippen LogP contribution in [0.2, 0.25) is 0 Å². The minimum absolute atomic E-state index is 0.0285. The number of likely N-dealkylation sites (tertiary alicyclic amines) is 1. The average molecular weight is 483 g/mol. The Morgan fingerprint density at radius 3 is 2.49 bits per heavy atom. The van der Waals surface area contributed by atoms with Gasteiger partial charge in [0.2, 0.25) is 0 Å². The second-order valence-electron chi connectivity index (χ2n) is 9.06. The maximum absolute atomic E-state index is 13.1. The van der Waals surface area contributed by atoms with Crippen molar-refractivity contribution < 1.29 is 28.3 Å². The number of furan rings is 1. The van der Waals surface area contributed by atoms with Crippen molar-refractivity contribution in [1.82, 2.24) is 19.7 Å². The van der Waals surface area contributed by atoms with Crippen molar-refractivity contribution in [1.29, 1.82) is 0 Å². The van der Waals surface area contributed by atoms with Crippen LogP contribution >= 0.6 is 0 Å². The molecule has 10 heteroatoms. The van der Waals surface area contributed by atoms with E-state index in [0.29, 0.717) is 48.4 Å². The molecule has 3 aromatic heterocycles. The molecule has 0 aromatic carbocycles. The zero-order chi connectivity index (χ0) is 25.3. The van der Waals surface area contributed by atoms with Crippen LogP contribution in [0.25, 0.3) is 22.3 Å². The lowest BCUT2D eigenvalue weighted by molar-refractivity contribution is -0.149. The lowest BCUT2D eigenvalue weighted by Gasteiger charge is -2.30. The zero-order valence-corrected chi connectivity index (χ0v) is 20.7. The highest BCUT2D eigenvalue weighted by Crippen LogP contribution is 2.30. The molecule has 0 N–H and O–H groups in total. The molecule has 0 spiro atoms. The highest BCUT2D eigenvalue weighted by molar-refractivity contribution is 6.04. The number of esters is 2. The Morgan fingerprint density at radius 2 is 1.89 bits per heavy atom. The summed E-state index contributed by atoms with van der Waals surface area (Å²) in [5, 5.41) is 4.96. The first-order valence-corrected chi connectivity index (χ1v) is 11.7. The van der Waals surface area contributed by atoms with Crippen molar-refractivity contribution >= 4 is 28.9 Å². The van der Waals surface area contributed by atoms with Gasteiger partial charge in [0.25, 0.3) is 5.91 Å². The van der Waals surface area contributed by atoms with Crippen molar-refractivity contribution in [3.8, 4) is 11.3 Å². The molecule has 10 nitrogen and oxygen atoms in total. The van der Waals surface area contributed by atoms with E-state index in [1.807, 2.05) is 33.8 Å². The molecule has 0 aliphatic carbocycles. The van der Waals surface area contributed by atoms with Crippen LogP contribution in [0.3, 0.4) is 0 Å². The Balaban J connectivity index is 1.55. The van der Waals surface area contributed by atoms with Gasteiger partial charge in [0.1, 0.15) is 11.5 Å². The molecule has 1 amide bonds. The summed E-state index contributed by atoms with van der Waals surface area (Å²) in [6.07, 6.45) is 2.65. The fraction of sp³-hybridized carbons (Fsp3) is 0.480. The molecule has 1 aliphatic heterocycles. The average Bonchev–Trinajstić information content (AvgIpc) is 3.43. The summed E-state index contributed by atoms with van der Waals surface area (Å²) < 4.78 is 17.6. The van der Waals surface area contributed by atoms with Crippen LogP contribution in [0.5, 0.6) is 0 Å². The normalized spacial score (nSPS) is 14.5. The molecule has 186 valence electrons. The number of fused-ring (bicyclic) bond motifs is 1. The van der Waals surface area contributed by atoms with Gasteiger partial charge >= 0.3 is 11.9 Å². The number of hydrogen-bond donors (Lipinski definition) is 0. The zero-order valence-electron chi connectivity index (χ0n) is 20.7. The minimum Gasteiger partial charge on any atom is -0.469 e. The first kappa shape index (κ1) is 24.4. The monoisotopic (exact) mass is 482 g/mol. The van der Waals surface area contributed by atoms with Crippen LogP contribution in [0.1, 0.15) is 54.6 Å². The number of hydrogen-bond acceptors (Lipinski definition) is 8. The number of carbonyl (C=O) groups is 3. The lowest BCUT2D eigenvalue weighted by Crippen LogP contribution is -2.42. The third kappa shape index (κ3) is 4.91. The Labute approximate surface area is 203 Å². The number of nitrogens with zero attached hydrogens (tertiary/aromatic N) is 4. The molecular weight excluding hydrogens is 452 g/mol. The van der Waals surface area contributed by atoms with E-state index in [9.17, 15) is 14.4 Å². The van der Waals surface area contributed by atoms with Crippen molar-refractivity contribution in [3.63, 3.8) is 0 Å². The number of pyridine rings is 1. The van der Waals surface area contributed by atoms with Crippen LogP contribution in [-0.4, -0.2) is 64.3 Å². The number of aryl methyl sites for hydroxylation is 2. The fourth-order valence-corrected chi connectivity index (χ4v) is 4.42. The van der Waals surface area contributed by atoms with Crippen LogP contribution in [0.4, 0.5) is 0 Å². The second-order valence-corrected chi connectivity index (χ2v) is 9.06. The summed E-state index contributed by atoms with van der Waals surface area (Å²) >= 11 is 0. The van der Waals surface area contributed by atoms with Gasteiger partial charge in [0, 0.05) is 24.7 Å². The predicted molar refractivity (Wildman–Crippen MR) is 127 cm³/mol. The molecule has 4 rings (SSSR count). The standard InChI is InChI=1S/C25H30N4O6/c1-14(2)29-23-20(12-26-29)19(11-21(27-23)18-10-15(3)35-16(18)4)25(32)34-13-22(30)28-8-6-17(7-9-28)24(31)33-5/h10-12,14,17H,6-9,13H2,1-5H3. The maximum Gasteiger partial charge on any atom is 0.339 e. The van der Waals surface area contributed by atoms with Crippen molar-refractivity contribution in [3.05, 3.63) is 35.4 Å². The number of rotatable bonds is 6. The highest BCUT2D eigenvalue weighted by atomic mass is 16.5.